The van der Waals surface area contributed by atoms with Crippen LogP contribution in [0, 0.1) is 0 Å². The van der Waals surface area contributed by atoms with E-state index in [2.05, 4.69) is 43.5 Å². The Bertz CT molecular complexity index is 1020. The number of nitrogens with one attached hydrogen (secondary N) is 1. The number of aromatic nitrogens is 4. The number of benzene rings is 1. The minimum absolute atomic E-state index is 0.0956. The first-order valence-corrected chi connectivity index (χ1v) is 9.15. The Kier molecular flexibility index (Phi) is 5.25. The Morgan fingerprint density at radius 1 is 1.21 bits per heavy atom. The minimum Gasteiger partial charge on any atom is -0.490 e. The number of hydrogen-bond donors (Lipinski definition) is 1. The van der Waals surface area contributed by atoms with Crippen LogP contribution in [-0.2, 0) is 19.5 Å². The highest BCUT2D eigenvalue weighted by Crippen LogP contribution is 2.20. The van der Waals surface area contributed by atoms with Gasteiger partial charge in [0.15, 0.2) is 0 Å². The first-order chi connectivity index (χ1) is 13.7. The van der Waals surface area contributed by atoms with Gasteiger partial charge in [0.25, 0.3) is 5.56 Å². The van der Waals surface area contributed by atoms with Crippen molar-refractivity contribution in [3.05, 3.63) is 82.8 Å². The van der Waals surface area contributed by atoms with E-state index in [0.29, 0.717) is 24.5 Å². The van der Waals surface area contributed by atoms with Crippen molar-refractivity contribution in [2.45, 2.75) is 19.5 Å². The van der Waals surface area contributed by atoms with E-state index in [0.717, 1.165) is 36.5 Å². The summed E-state index contributed by atoms with van der Waals surface area (Å²) < 4.78 is 5.52. The number of H-pyrrole nitrogens is 1. The fourth-order valence-corrected chi connectivity index (χ4v) is 3.28. The molecule has 4 rings (SSSR count). The van der Waals surface area contributed by atoms with Crippen LogP contribution < -0.4 is 10.3 Å². The molecule has 0 atom stereocenters. The van der Waals surface area contributed by atoms with Gasteiger partial charge in [0.2, 0.25) is 0 Å². The zero-order chi connectivity index (χ0) is 19.3. The van der Waals surface area contributed by atoms with Gasteiger partial charge in [0.1, 0.15) is 24.5 Å². The summed E-state index contributed by atoms with van der Waals surface area (Å²) >= 11 is 0. The molecule has 0 radical (unpaired) electrons. The Morgan fingerprint density at radius 3 is 2.75 bits per heavy atom. The zero-order valence-corrected chi connectivity index (χ0v) is 15.5. The molecule has 0 saturated heterocycles. The predicted molar refractivity (Wildman–Crippen MR) is 106 cm³/mol. The number of ether oxygens (including phenoxy) is 1. The zero-order valence-electron chi connectivity index (χ0n) is 15.5. The van der Waals surface area contributed by atoms with Crippen molar-refractivity contribution in [2.24, 2.45) is 0 Å². The van der Waals surface area contributed by atoms with Crippen molar-refractivity contribution in [2.75, 3.05) is 13.2 Å². The van der Waals surface area contributed by atoms with Crippen LogP contribution in [0.2, 0.25) is 0 Å². The summed E-state index contributed by atoms with van der Waals surface area (Å²) in [6.45, 7) is 6.35. The normalized spacial score (nSPS) is 13.7. The van der Waals surface area contributed by atoms with Gasteiger partial charge in [0.05, 0.1) is 16.8 Å². The van der Waals surface area contributed by atoms with Gasteiger partial charge in [-0.2, -0.15) is 0 Å². The van der Waals surface area contributed by atoms with Crippen LogP contribution in [0.1, 0.15) is 16.8 Å². The summed E-state index contributed by atoms with van der Waals surface area (Å²) in [5.41, 5.74) is 3.38. The maximum Gasteiger partial charge on any atom is 0.255 e. The molecule has 1 N–H and O–H groups in total. The number of fused-ring (bicyclic) bond motifs is 1. The number of aromatic amines is 1. The van der Waals surface area contributed by atoms with E-state index < -0.39 is 0 Å². The fraction of sp³-hybridized carbons (Fsp3) is 0.238. The highest BCUT2D eigenvalue weighted by molar-refractivity contribution is 5.52. The van der Waals surface area contributed by atoms with E-state index in [1.165, 1.54) is 11.9 Å². The second-order valence-corrected chi connectivity index (χ2v) is 6.67. The quantitative estimate of drug-likeness (QED) is 0.666. The molecule has 28 heavy (non-hydrogen) atoms. The van der Waals surface area contributed by atoms with Crippen LogP contribution in [0.3, 0.4) is 0 Å². The van der Waals surface area contributed by atoms with Gasteiger partial charge < -0.3 is 9.72 Å². The van der Waals surface area contributed by atoms with Crippen molar-refractivity contribution >= 4 is 0 Å². The lowest BCUT2D eigenvalue weighted by molar-refractivity contribution is 0.241. The number of hydrogen-bond acceptors (Lipinski definition) is 6. The van der Waals surface area contributed by atoms with Crippen molar-refractivity contribution in [3.63, 3.8) is 0 Å². The van der Waals surface area contributed by atoms with E-state index >= 15 is 0 Å². The molecule has 0 spiro atoms. The lowest BCUT2D eigenvalue weighted by atomic mass is 10.1. The fourth-order valence-electron chi connectivity index (χ4n) is 3.28. The maximum atomic E-state index is 12.6. The van der Waals surface area contributed by atoms with Crippen LogP contribution in [0.25, 0.3) is 11.4 Å². The summed E-state index contributed by atoms with van der Waals surface area (Å²) in [6, 6.07) is 8.02. The van der Waals surface area contributed by atoms with E-state index in [1.807, 2.05) is 12.1 Å². The van der Waals surface area contributed by atoms with Crippen LogP contribution in [0.4, 0.5) is 0 Å². The van der Waals surface area contributed by atoms with Gasteiger partial charge in [-0.15, -0.1) is 0 Å². The van der Waals surface area contributed by atoms with Crippen molar-refractivity contribution in [1.29, 1.82) is 0 Å². The molecule has 3 heterocycles. The van der Waals surface area contributed by atoms with Gasteiger partial charge in [-0.05, 0) is 17.7 Å². The van der Waals surface area contributed by atoms with Crippen LogP contribution in [-0.4, -0.2) is 38.0 Å². The molecule has 1 aliphatic heterocycles. The van der Waals surface area contributed by atoms with Crippen molar-refractivity contribution < 1.29 is 4.74 Å². The van der Waals surface area contributed by atoms with E-state index in [9.17, 15) is 4.79 Å². The molecule has 7 heteroatoms. The van der Waals surface area contributed by atoms with Crippen LogP contribution in [0.15, 0.2) is 60.4 Å². The molecule has 1 aromatic carbocycles. The monoisotopic (exact) mass is 375 g/mol. The summed E-state index contributed by atoms with van der Waals surface area (Å²) in [4.78, 5) is 30.4. The lowest BCUT2D eigenvalue weighted by Gasteiger charge is -2.27. The second-order valence-electron chi connectivity index (χ2n) is 6.67. The highest BCUT2D eigenvalue weighted by Gasteiger charge is 2.21. The third-order valence-electron chi connectivity index (χ3n) is 4.68. The molecule has 1 aliphatic rings. The van der Waals surface area contributed by atoms with Crippen molar-refractivity contribution in [3.8, 4) is 17.1 Å². The Morgan fingerprint density at radius 2 is 2.00 bits per heavy atom. The Hall–Kier alpha value is -3.32. The molecule has 3 aromatic rings. The molecule has 142 valence electrons. The lowest BCUT2D eigenvalue weighted by Crippen LogP contribution is -2.35. The van der Waals surface area contributed by atoms with Gasteiger partial charge in [-0.3, -0.25) is 9.69 Å². The average Bonchev–Trinajstić information content (AvgIpc) is 2.74. The Balaban J connectivity index is 1.47. The minimum atomic E-state index is -0.0956. The second kappa shape index (κ2) is 8.14. The molecular weight excluding hydrogens is 354 g/mol. The molecule has 0 aliphatic carbocycles. The summed E-state index contributed by atoms with van der Waals surface area (Å²) in [5.74, 6) is 1.35. The number of rotatable bonds is 6. The summed E-state index contributed by atoms with van der Waals surface area (Å²) in [6.07, 6.45) is 7.21. The average molecular weight is 375 g/mol. The molecule has 2 aromatic heterocycles. The Labute approximate surface area is 162 Å². The predicted octanol–water partition coefficient (Wildman–Crippen LogP) is 2.35. The smallest absolute Gasteiger partial charge is 0.255 e. The van der Waals surface area contributed by atoms with Crippen LogP contribution in [0.5, 0.6) is 5.75 Å². The van der Waals surface area contributed by atoms with Crippen molar-refractivity contribution in [1.82, 2.24) is 24.8 Å². The third-order valence-corrected chi connectivity index (χ3v) is 4.68. The van der Waals surface area contributed by atoms with E-state index in [4.69, 9.17) is 4.74 Å². The summed E-state index contributed by atoms with van der Waals surface area (Å²) in [5, 5.41) is 0. The molecule has 0 unspecified atom stereocenters. The van der Waals surface area contributed by atoms with Gasteiger partial charge in [0, 0.05) is 38.4 Å². The standard InChI is InChI=1S/C21H21N5O2/c1-2-9-28-17-5-3-15(4-6-17)12-26-8-7-19-18(13-26)21(27)25-20(24-19)16-10-22-14-23-11-16/h2-6,10-11,14H,1,7-9,12-13H2,(H,24,25,27). The SMILES string of the molecule is C=CCOc1ccc(CN2CCc3nc(-c4cncnc4)[nH]c(=O)c3C2)cc1. The highest BCUT2D eigenvalue weighted by atomic mass is 16.5. The first kappa shape index (κ1) is 18.1. The molecule has 0 fully saturated rings. The van der Waals surface area contributed by atoms with E-state index in [-0.39, 0.29) is 5.56 Å². The van der Waals surface area contributed by atoms with Crippen LogP contribution >= 0.6 is 0 Å². The molecule has 0 saturated carbocycles. The molecule has 0 amide bonds. The molecule has 0 bridgehead atoms. The summed E-state index contributed by atoms with van der Waals surface area (Å²) in [7, 11) is 0. The third kappa shape index (κ3) is 3.99. The molecular formula is C21H21N5O2. The largest absolute Gasteiger partial charge is 0.490 e. The first-order valence-electron chi connectivity index (χ1n) is 9.15. The maximum absolute atomic E-state index is 12.6. The van der Waals surface area contributed by atoms with Gasteiger partial charge in [-0.1, -0.05) is 24.8 Å². The van der Waals surface area contributed by atoms with Gasteiger partial charge >= 0.3 is 0 Å². The number of nitrogens with zero attached hydrogens (tertiary/aromatic N) is 4. The topological polar surface area (TPSA) is 84.0 Å². The molecule has 7 nitrogen and oxygen atoms in total. The van der Waals surface area contributed by atoms with E-state index in [1.54, 1.807) is 18.5 Å². The van der Waals surface area contributed by atoms with Gasteiger partial charge in [-0.25, -0.2) is 15.0 Å².